The number of ether oxygens (including phenoxy) is 1. The molecule has 0 saturated carbocycles. The van der Waals surface area contributed by atoms with Crippen LogP contribution in [-0.4, -0.2) is 29.5 Å². The van der Waals surface area contributed by atoms with Crippen LogP contribution in [0.5, 0.6) is 0 Å². The molecule has 1 aromatic rings. The molecule has 1 atom stereocenters. The summed E-state index contributed by atoms with van der Waals surface area (Å²) in [4.78, 5) is 11.3. The van der Waals surface area contributed by atoms with E-state index in [1.165, 1.54) is 12.8 Å². The highest BCUT2D eigenvalue weighted by Crippen LogP contribution is 2.32. The first-order chi connectivity index (χ1) is 10.4. The molecule has 1 rings (SSSR count). The summed E-state index contributed by atoms with van der Waals surface area (Å²) in [6.45, 7) is 0.817. The maximum absolute atomic E-state index is 12.8. The molecule has 1 aromatic carbocycles. The van der Waals surface area contributed by atoms with Gasteiger partial charge in [0, 0.05) is 5.56 Å². The van der Waals surface area contributed by atoms with Crippen LogP contribution >= 0.6 is 0 Å². The first-order valence-electron chi connectivity index (χ1n) is 6.08. The number of aliphatic hydroxyl groups is 1. The van der Waals surface area contributed by atoms with Gasteiger partial charge in [-0.25, -0.2) is 4.79 Å². The van der Waals surface area contributed by atoms with E-state index < -0.39 is 36.1 Å². The number of benzene rings is 1. The Bertz CT molecular complexity index is 621. The lowest BCUT2D eigenvalue weighted by Crippen LogP contribution is -2.52. The van der Waals surface area contributed by atoms with Gasteiger partial charge in [-0.1, -0.05) is 5.92 Å². The lowest BCUT2D eigenvalue weighted by atomic mass is 10.0. The number of alkyl halides is 6. The van der Waals surface area contributed by atoms with Gasteiger partial charge in [0.15, 0.2) is 0 Å². The van der Waals surface area contributed by atoms with Crippen molar-refractivity contribution in [2.45, 2.75) is 24.9 Å². The first kappa shape index (κ1) is 18.8. The summed E-state index contributed by atoms with van der Waals surface area (Å²) >= 11 is 0. The van der Waals surface area contributed by atoms with Crippen molar-refractivity contribution < 1.29 is 41.0 Å². The summed E-state index contributed by atoms with van der Waals surface area (Å²) in [5.41, 5.74) is -5.32. The minimum atomic E-state index is -5.43. The van der Waals surface area contributed by atoms with E-state index in [9.17, 15) is 36.2 Å². The van der Waals surface area contributed by atoms with Gasteiger partial charge in [-0.2, -0.15) is 26.3 Å². The topological polar surface area (TPSA) is 46.5 Å². The third-order valence-corrected chi connectivity index (χ3v) is 2.58. The van der Waals surface area contributed by atoms with Gasteiger partial charge in [-0.15, -0.1) is 0 Å². The van der Waals surface area contributed by atoms with Crippen LogP contribution in [0.4, 0.5) is 26.3 Å². The number of carbonyl (C=O) groups excluding carboxylic acids is 1. The minimum absolute atomic E-state index is 0.245. The fourth-order valence-corrected chi connectivity index (χ4v) is 1.38. The molecule has 126 valence electrons. The Kier molecular flexibility index (Phi) is 5.32. The lowest BCUT2D eigenvalue weighted by molar-refractivity contribution is -0.242. The fourth-order valence-electron chi connectivity index (χ4n) is 1.38. The van der Waals surface area contributed by atoms with Crippen LogP contribution in [0.3, 0.4) is 0 Å². The van der Waals surface area contributed by atoms with E-state index in [1.54, 1.807) is 0 Å². The standard InChI is InChI=1S/C14H10F6O3/c1-2-23-11(21)12(22,14(18,19)20)8-7-9-3-5-10(6-4-9)13(15,16)17/h3-6,22H,2H2,1H3/t12-/m0/s1. The SMILES string of the molecule is CCOC(=O)[C@@](O)(C#Cc1ccc(C(F)(F)F)cc1)C(F)(F)F. The van der Waals surface area contributed by atoms with Crippen molar-refractivity contribution in [2.24, 2.45) is 0 Å². The molecule has 23 heavy (non-hydrogen) atoms. The number of hydrogen-bond donors (Lipinski definition) is 1. The van der Waals surface area contributed by atoms with Crippen LogP contribution in [0.2, 0.25) is 0 Å². The molecule has 0 radical (unpaired) electrons. The molecule has 0 aromatic heterocycles. The molecule has 0 bridgehead atoms. The number of halogens is 6. The highest BCUT2D eigenvalue weighted by Gasteiger charge is 2.60. The summed E-state index contributed by atoms with van der Waals surface area (Å²) in [6, 6.07) is 2.86. The molecule has 0 heterocycles. The second-order valence-electron chi connectivity index (χ2n) is 4.25. The van der Waals surface area contributed by atoms with Gasteiger partial charge in [0.2, 0.25) is 0 Å². The van der Waals surface area contributed by atoms with Crippen LogP contribution in [0.25, 0.3) is 0 Å². The van der Waals surface area contributed by atoms with Crippen LogP contribution < -0.4 is 0 Å². The maximum Gasteiger partial charge on any atom is 0.440 e. The van der Waals surface area contributed by atoms with E-state index in [0.717, 1.165) is 12.1 Å². The van der Waals surface area contributed by atoms with Gasteiger partial charge in [0.25, 0.3) is 0 Å². The van der Waals surface area contributed by atoms with Crippen LogP contribution in [0, 0.1) is 11.8 Å². The van der Waals surface area contributed by atoms with Gasteiger partial charge >= 0.3 is 23.9 Å². The Labute approximate surface area is 126 Å². The van der Waals surface area contributed by atoms with Gasteiger partial charge in [0.05, 0.1) is 12.2 Å². The first-order valence-corrected chi connectivity index (χ1v) is 6.08. The molecule has 1 N–H and O–H groups in total. The molecule has 0 saturated heterocycles. The van der Waals surface area contributed by atoms with Gasteiger partial charge < -0.3 is 9.84 Å². The molecule has 0 spiro atoms. The zero-order valence-corrected chi connectivity index (χ0v) is 11.5. The number of rotatable bonds is 2. The van der Waals surface area contributed by atoms with E-state index in [2.05, 4.69) is 4.74 Å². The van der Waals surface area contributed by atoms with Crippen molar-refractivity contribution in [1.82, 2.24) is 0 Å². The summed E-state index contributed by atoms with van der Waals surface area (Å²) in [5.74, 6) is 1.13. The average Bonchev–Trinajstić information content (AvgIpc) is 2.43. The summed E-state index contributed by atoms with van der Waals surface area (Å²) in [5, 5.41) is 9.44. The quantitative estimate of drug-likeness (QED) is 0.512. The van der Waals surface area contributed by atoms with E-state index in [-0.39, 0.29) is 5.56 Å². The van der Waals surface area contributed by atoms with Gasteiger partial charge in [-0.05, 0) is 37.1 Å². The van der Waals surface area contributed by atoms with Crippen molar-refractivity contribution in [3.05, 3.63) is 35.4 Å². The Morgan fingerprint density at radius 2 is 1.65 bits per heavy atom. The highest BCUT2D eigenvalue weighted by molar-refractivity contribution is 5.84. The molecule has 9 heteroatoms. The summed E-state index contributed by atoms with van der Waals surface area (Å²) in [7, 11) is 0. The second kappa shape index (κ2) is 6.50. The average molecular weight is 340 g/mol. The zero-order chi connectivity index (χ0) is 17.9. The fraction of sp³-hybridized carbons (Fsp3) is 0.357. The third kappa shape index (κ3) is 4.39. The predicted molar refractivity (Wildman–Crippen MR) is 66.0 cm³/mol. The van der Waals surface area contributed by atoms with E-state index in [4.69, 9.17) is 0 Å². The van der Waals surface area contributed by atoms with Crippen molar-refractivity contribution in [3.8, 4) is 11.8 Å². The van der Waals surface area contributed by atoms with E-state index >= 15 is 0 Å². The second-order valence-corrected chi connectivity index (χ2v) is 4.25. The van der Waals surface area contributed by atoms with Crippen molar-refractivity contribution >= 4 is 5.97 Å². The largest absolute Gasteiger partial charge is 0.463 e. The molecule has 3 nitrogen and oxygen atoms in total. The van der Waals surface area contributed by atoms with Crippen molar-refractivity contribution in [2.75, 3.05) is 6.61 Å². The Hall–Kier alpha value is -2.21. The van der Waals surface area contributed by atoms with Crippen molar-refractivity contribution in [1.29, 1.82) is 0 Å². The Morgan fingerprint density at radius 3 is 2.04 bits per heavy atom. The molecule has 0 fully saturated rings. The predicted octanol–water partition coefficient (Wildman–Crippen LogP) is 2.91. The minimum Gasteiger partial charge on any atom is -0.463 e. The highest BCUT2D eigenvalue weighted by atomic mass is 19.4. The van der Waals surface area contributed by atoms with Crippen LogP contribution in [0.15, 0.2) is 24.3 Å². The lowest BCUT2D eigenvalue weighted by Gasteiger charge is -2.22. The third-order valence-electron chi connectivity index (χ3n) is 2.58. The summed E-state index contributed by atoms with van der Waals surface area (Å²) in [6.07, 6.45) is -10.0. The zero-order valence-electron chi connectivity index (χ0n) is 11.5. The number of carbonyl (C=O) groups is 1. The smallest absolute Gasteiger partial charge is 0.440 e. The Balaban J connectivity index is 3.17. The molecule has 0 amide bonds. The van der Waals surface area contributed by atoms with Gasteiger partial charge in [0.1, 0.15) is 0 Å². The monoisotopic (exact) mass is 340 g/mol. The number of hydrogen-bond acceptors (Lipinski definition) is 3. The number of esters is 1. The molecular weight excluding hydrogens is 330 g/mol. The summed E-state index contributed by atoms with van der Waals surface area (Å²) < 4.78 is 79.6. The maximum atomic E-state index is 12.8. The molecule has 0 aliphatic heterocycles. The molecule has 0 unspecified atom stereocenters. The van der Waals surface area contributed by atoms with Crippen LogP contribution in [-0.2, 0) is 15.7 Å². The Morgan fingerprint density at radius 1 is 1.13 bits per heavy atom. The van der Waals surface area contributed by atoms with Crippen LogP contribution in [0.1, 0.15) is 18.1 Å². The van der Waals surface area contributed by atoms with Crippen molar-refractivity contribution in [3.63, 3.8) is 0 Å². The molecule has 0 aliphatic carbocycles. The van der Waals surface area contributed by atoms with E-state index in [1.807, 2.05) is 5.92 Å². The van der Waals surface area contributed by atoms with E-state index in [0.29, 0.717) is 12.1 Å². The normalized spacial score (nSPS) is 14.4. The molecular formula is C14H10F6O3. The molecule has 0 aliphatic rings. The van der Waals surface area contributed by atoms with Gasteiger partial charge in [-0.3, -0.25) is 0 Å².